The number of nitrogen functional groups attached to an aromatic ring is 3. The molecule has 0 heterocycles. The van der Waals surface area contributed by atoms with E-state index in [4.69, 9.17) is 21.9 Å². The minimum absolute atomic E-state index is 0.271. The van der Waals surface area contributed by atoms with Gasteiger partial charge in [0.1, 0.15) is 0 Å². The van der Waals surface area contributed by atoms with Gasteiger partial charge in [0.25, 0.3) is 5.91 Å². The molecule has 6 nitrogen and oxygen atoms in total. The van der Waals surface area contributed by atoms with Crippen molar-refractivity contribution in [2.24, 2.45) is 0 Å². The van der Waals surface area contributed by atoms with Gasteiger partial charge >= 0.3 is 0 Å². The van der Waals surface area contributed by atoms with Crippen LogP contribution in [-0.4, -0.2) is 13.0 Å². The summed E-state index contributed by atoms with van der Waals surface area (Å²) in [5.74, 6) is -0.0768. The van der Waals surface area contributed by atoms with Gasteiger partial charge in [-0.2, -0.15) is 0 Å². The summed E-state index contributed by atoms with van der Waals surface area (Å²) in [6.45, 7) is 0. The van der Waals surface area contributed by atoms with Crippen molar-refractivity contribution in [1.82, 2.24) is 0 Å². The van der Waals surface area contributed by atoms with Gasteiger partial charge in [0.15, 0.2) is 5.75 Å². The maximum atomic E-state index is 12.3. The molecule has 0 radical (unpaired) electrons. The van der Waals surface area contributed by atoms with Crippen LogP contribution in [0.2, 0.25) is 0 Å². The van der Waals surface area contributed by atoms with E-state index in [-0.39, 0.29) is 11.5 Å². The van der Waals surface area contributed by atoms with Crippen molar-refractivity contribution in [3.05, 3.63) is 42.0 Å². The average molecular weight is 272 g/mol. The van der Waals surface area contributed by atoms with Gasteiger partial charge in [-0.25, -0.2) is 0 Å². The van der Waals surface area contributed by atoms with Crippen LogP contribution < -0.4 is 27.3 Å². The summed E-state index contributed by atoms with van der Waals surface area (Å²) in [7, 11) is 1.44. The second-order valence-corrected chi connectivity index (χ2v) is 4.27. The first-order valence-electron chi connectivity index (χ1n) is 5.91. The van der Waals surface area contributed by atoms with E-state index < -0.39 is 0 Å². The minimum Gasteiger partial charge on any atom is -0.494 e. The maximum absolute atomic E-state index is 12.3. The number of hydrogen-bond donors (Lipinski definition) is 4. The van der Waals surface area contributed by atoms with E-state index in [0.29, 0.717) is 28.5 Å². The number of benzene rings is 2. The van der Waals surface area contributed by atoms with Crippen molar-refractivity contribution in [2.45, 2.75) is 0 Å². The van der Waals surface area contributed by atoms with Gasteiger partial charge in [0, 0.05) is 17.1 Å². The molecule has 0 saturated carbocycles. The molecule has 1 amide bonds. The van der Waals surface area contributed by atoms with Crippen LogP contribution in [0.15, 0.2) is 36.4 Å². The number of nitrogens with one attached hydrogen (secondary N) is 1. The Bertz CT molecular complexity index is 656. The lowest BCUT2D eigenvalue weighted by Gasteiger charge is -2.12. The molecular formula is C14H16N4O2. The summed E-state index contributed by atoms with van der Waals surface area (Å²) >= 11 is 0. The first-order valence-corrected chi connectivity index (χ1v) is 5.91. The molecule has 0 atom stereocenters. The zero-order valence-corrected chi connectivity index (χ0v) is 11.0. The molecule has 2 rings (SSSR count). The van der Waals surface area contributed by atoms with Gasteiger partial charge in [-0.3, -0.25) is 4.79 Å². The number of hydrogen-bond acceptors (Lipinski definition) is 5. The van der Waals surface area contributed by atoms with Gasteiger partial charge < -0.3 is 27.3 Å². The normalized spacial score (nSPS) is 10.1. The highest BCUT2D eigenvalue weighted by Crippen LogP contribution is 2.30. The first-order chi connectivity index (χ1) is 9.51. The quantitative estimate of drug-likeness (QED) is 0.634. The molecule has 0 spiro atoms. The Hall–Kier alpha value is -2.89. The van der Waals surface area contributed by atoms with Crippen molar-refractivity contribution in [3.8, 4) is 5.75 Å². The van der Waals surface area contributed by atoms with Crippen LogP contribution in [0.4, 0.5) is 22.7 Å². The van der Waals surface area contributed by atoms with Crippen LogP contribution in [0.25, 0.3) is 0 Å². The van der Waals surface area contributed by atoms with Gasteiger partial charge in [-0.15, -0.1) is 0 Å². The number of ether oxygens (including phenoxy) is 1. The molecule has 6 heteroatoms. The van der Waals surface area contributed by atoms with Crippen LogP contribution in [-0.2, 0) is 0 Å². The smallest absolute Gasteiger partial charge is 0.259 e. The van der Waals surface area contributed by atoms with E-state index >= 15 is 0 Å². The average Bonchev–Trinajstić information content (AvgIpc) is 2.37. The molecule has 0 aliphatic heterocycles. The molecule has 2 aromatic carbocycles. The third-order valence-corrected chi connectivity index (χ3v) is 2.73. The first kappa shape index (κ1) is 13.5. The van der Waals surface area contributed by atoms with E-state index in [1.165, 1.54) is 19.2 Å². The van der Waals surface area contributed by atoms with Crippen molar-refractivity contribution in [1.29, 1.82) is 0 Å². The van der Waals surface area contributed by atoms with Crippen LogP contribution in [0.5, 0.6) is 5.75 Å². The van der Waals surface area contributed by atoms with Crippen molar-refractivity contribution in [3.63, 3.8) is 0 Å². The monoisotopic (exact) mass is 272 g/mol. The highest BCUT2D eigenvalue weighted by Gasteiger charge is 2.16. The largest absolute Gasteiger partial charge is 0.494 e. The van der Waals surface area contributed by atoms with Gasteiger partial charge in [-0.05, 0) is 30.3 Å². The molecule has 0 fully saturated rings. The summed E-state index contributed by atoms with van der Waals surface area (Å²) in [5.41, 5.74) is 19.3. The third-order valence-electron chi connectivity index (χ3n) is 2.73. The lowest BCUT2D eigenvalue weighted by Crippen LogP contribution is -2.14. The second kappa shape index (κ2) is 5.40. The number of nitrogens with two attached hydrogens (primary N) is 3. The Morgan fingerprint density at radius 1 is 1.10 bits per heavy atom. The van der Waals surface area contributed by atoms with Crippen LogP contribution in [0, 0.1) is 0 Å². The number of carbonyl (C=O) groups excluding carboxylic acids is 1. The fourth-order valence-corrected chi connectivity index (χ4v) is 1.89. The van der Waals surface area contributed by atoms with Crippen molar-refractivity contribution in [2.75, 3.05) is 29.6 Å². The summed E-state index contributed by atoms with van der Waals surface area (Å²) in [4.78, 5) is 12.3. The van der Waals surface area contributed by atoms with Crippen LogP contribution >= 0.6 is 0 Å². The fraction of sp³-hybridized carbons (Fsp3) is 0.0714. The molecule has 0 saturated heterocycles. The van der Waals surface area contributed by atoms with Gasteiger partial charge in [0.05, 0.1) is 18.4 Å². The lowest BCUT2D eigenvalue weighted by molar-refractivity contribution is 0.102. The predicted molar refractivity (Wildman–Crippen MR) is 80.6 cm³/mol. The molecule has 0 bridgehead atoms. The fourth-order valence-electron chi connectivity index (χ4n) is 1.89. The highest BCUT2D eigenvalue weighted by atomic mass is 16.5. The predicted octanol–water partition coefficient (Wildman–Crippen LogP) is 1.69. The topological polar surface area (TPSA) is 116 Å². The van der Waals surface area contributed by atoms with E-state index in [2.05, 4.69) is 5.32 Å². The minimum atomic E-state index is -0.369. The summed E-state index contributed by atoms with van der Waals surface area (Å²) in [6.07, 6.45) is 0. The molecule has 2 aromatic rings. The number of amides is 1. The molecule has 104 valence electrons. The Kier molecular flexibility index (Phi) is 3.65. The van der Waals surface area contributed by atoms with E-state index in [1.807, 2.05) is 0 Å². The van der Waals surface area contributed by atoms with Crippen LogP contribution in [0.1, 0.15) is 10.4 Å². The van der Waals surface area contributed by atoms with E-state index in [9.17, 15) is 4.79 Å². The second-order valence-electron chi connectivity index (χ2n) is 4.27. The zero-order chi connectivity index (χ0) is 14.7. The molecule has 0 unspecified atom stereocenters. The summed E-state index contributed by atoms with van der Waals surface area (Å²) in [5, 5.41) is 2.72. The van der Waals surface area contributed by atoms with E-state index in [0.717, 1.165) is 0 Å². The molecule has 0 aliphatic rings. The number of methoxy groups -OCH3 is 1. The third kappa shape index (κ3) is 2.74. The highest BCUT2D eigenvalue weighted by molar-refractivity contribution is 6.08. The standard InChI is InChI=1S/C14H16N4O2/c1-20-13-11(6-9(16)7-12(13)17)14(19)18-10-4-2-3-8(15)5-10/h2-7H,15-17H2,1H3,(H,18,19). The molecule has 7 N–H and O–H groups in total. The number of carbonyl (C=O) groups is 1. The summed E-state index contributed by atoms with van der Waals surface area (Å²) in [6, 6.07) is 9.91. The Balaban J connectivity index is 2.34. The Labute approximate surface area is 116 Å². The Morgan fingerprint density at radius 2 is 1.85 bits per heavy atom. The van der Waals surface area contributed by atoms with Crippen molar-refractivity contribution >= 4 is 28.7 Å². The molecular weight excluding hydrogens is 256 g/mol. The zero-order valence-electron chi connectivity index (χ0n) is 11.0. The summed E-state index contributed by atoms with van der Waals surface area (Å²) < 4.78 is 5.15. The van der Waals surface area contributed by atoms with Crippen molar-refractivity contribution < 1.29 is 9.53 Å². The molecule has 0 aromatic heterocycles. The molecule has 0 aliphatic carbocycles. The SMILES string of the molecule is COc1c(N)cc(N)cc1C(=O)Nc1cccc(N)c1. The lowest BCUT2D eigenvalue weighted by atomic mass is 10.1. The molecule has 20 heavy (non-hydrogen) atoms. The number of rotatable bonds is 3. The Morgan fingerprint density at radius 3 is 2.50 bits per heavy atom. The van der Waals surface area contributed by atoms with Crippen LogP contribution in [0.3, 0.4) is 0 Å². The van der Waals surface area contributed by atoms with Gasteiger partial charge in [0.2, 0.25) is 0 Å². The van der Waals surface area contributed by atoms with Gasteiger partial charge in [-0.1, -0.05) is 6.07 Å². The maximum Gasteiger partial charge on any atom is 0.259 e. The number of anilines is 4. The van der Waals surface area contributed by atoms with E-state index in [1.54, 1.807) is 24.3 Å².